The standard InChI is InChI=1S/C20H26BrNO2/c1-2-3-13-8-16(21)4-5-17(13)19(23)22-18-14-6-12-7-15(18)11-20(24,9-12)10-14/h4-5,8,12,14-15,18,24H,2-3,6-7,9-11H2,1H3,(H,22,23). The molecule has 3 nitrogen and oxygen atoms in total. The van der Waals surface area contributed by atoms with Crippen molar-refractivity contribution < 1.29 is 9.90 Å². The van der Waals surface area contributed by atoms with Crippen LogP contribution in [0.25, 0.3) is 0 Å². The van der Waals surface area contributed by atoms with E-state index in [-0.39, 0.29) is 11.9 Å². The molecule has 0 saturated heterocycles. The lowest BCUT2D eigenvalue weighted by molar-refractivity contribution is -0.136. The number of halogens is 1. The topological polar surface area (TPSA) is 49.3 Å². The zero-order chi connectivity index (χ0) is 16.9. The van der Waals surface area contributed by atoms with Crippen molar-refractivity contribution in [2.75, 3.05) is 0 Å². The van der Waals surface area contributed by atoms with Gasteiger partial charge in [0.25, 0.3) is 5.91 Å². The van der Waals surface area contributed by atoms with Crippen LogP contribution in [0.15, 0.2) is 22.7 Å². The first kappa shape index (κ1) is 16.6. The van der Waals surface area contributed by atoms with Crippen LogP contribution in [0.2, 0.25) is 0 Å². The van der Waals surface area contributed by atoms with Gasteiger partial charge in [0.15, 0.2) is 0 Å². The maximum absolute atomic E-state index is 12.9. The second-order valence-electron chi connectivity index (χ2n) is 8.25. The molecule has 2 atom stereocenters. The number of amides is 1. The lowest BCUT2D eigenvalue weighted by Crippen LogP contribution is -2.61. The molecule has 4 aliphatic rings. The average Bonchev–Trinajstić information content (AvgIpc) is 2.49. The zero-order valence-corrected chi connectivity index (χ0v) is 15.8. The fourth-order valence-corrected chi connectivity index (χ4v) is 6.11. The van der Waals surface area contributed by atoms with Gasteiger partial charge in [0.2, 0.25) is 0 Å². The van der Waals surface area contributed by atoms with E-state index in [1.54, 1.807) is 0 Å². The molecule has 2 unspecified atom stereocenters. The van der Waals surface area contributed by atoms with Gasteiger partial charge in [-0.1, -0.05) is 29.3 Å². The molecule has 0 heterocycles. The second kappa shape index (κ2) is 6.14. The third-order valence-corrected chi connectivity index (χ3v) is 6.86. The van der Waals surface area contributed by atoms with Crippen LogP contribution in [0.4, 0.5) is 0 Å². The summed E-state index contributed by atoms with van der Waals surface area (Å²) in [6.07, 6.45) is 7.01. The van der Waals surface area contributed by atoms with Gasteiger partial charge in [-0.2, -0.15) is 0 Å². The first-order valence-electron chi connectivity index (χ1n) is 9.29. The molecule has 4 fully saturated rings. The number of aliphatic hydroxyl groups is 1. The number of aryl methyl sites for hydroxylation is 1. The normalized spacial score (nSPS) is 36.8. The van der Waals surface area contributed by atoms with Gasteiger partial charge in [-0.25, -0.2) is 0 Å². The molecule has 0 aromatic heterocycles. The molecule has 5 rings (SSSR count). The van der Waals surface area contributed by atoms with Crippen molar-refractivity contribution in [3.8, 4) is 0 Å². The summed E-state index contributed by atoms with van der Waals surface area (Å²) in [5.41, 5.74) is 1.49. The lowest BCUT2D eigenvalue weighted by atomic mass is 9.52. The minimum absolute atomic E-state index is 0.0652. The van der Waals surface area contributed by atoms with Crippen LogP contribution in [0, 0.1) is 17.8 Å². The van der Waals surface area contributed by atoms with Crippen molar-refractivity contribution in [2.45, 2.75) is 63.5 Å². The summed E-state index contributed by atoms with van der Waals surface area (Å²) >= 11 is 3.51. The quantitative estimate of drug-likeness (QED) is 0.812. The Balaban J connectivity index is 1.53. The van der Waals surface area contributed by atoms with Crippen LogP contribution in [0.3, 0.4) is 0 Å². The maximum Gasteiger partial charge on any atom is 0.251 e. The van der Waals surface area contributed by atoms with Gasteiger partial charge in [0.1, 0.15) is 0 Å². The first-order valence-corrected chi connectivity index (χ1v) is 10.1. The van der Waals surface area contributed by atoms with E-state index >= 15 is 0 Å². The van der Waals surface area contributed by atoms with E-state index < -0.39 is 5.60 Å². The van der Waals surface area contributed by atoms with Crippen molar-refractivity contribution >= 4 is 21.8 Å². The SMILES string of the molecule is CCCc1cc(Br)ccc1C(=O)NC1C2CC3CC1CC(O)(C3)C2. The summed E-state index contributed by atoms with van der Waals surface area (Å²) in [6.45, 7) is 2.14. The van der Waals surface area contributed by atoms with Gasteiger partial charge >= 0.3 is 0 Å². The van der Waals surface area contributed by atoms with Gasteiger partial charge in [-0.3, -0.25) is 4.79 Å². The van der Waals surface area contributed by atoms with Gasteiger partial charge in [-0.15, -0.1) is 0 Å². The van der Waals surface area contributed by atoms with E-state index in [2.05, 4.69) is 34.2 Å². The van der Waals surface area contributed by atoms with Crippen molar-refractivity contribution in [3.63, 3.8) is 0 Å². The first-order chi connectivity index (χ1) is 11.5. The number of hydrogen-bond acceptors (Lipinski definition) is 2. The molecule has 4 heteroatoms. The highest BCUT2D eigenvalue weighted by Crippen LogP contribution is 2.55. The zero-order valence-electron chi connectivity index (χ0n) is 14.2. The molecule has 2 N–H and O–H groups in total. The van der Waals surface area contributed by atoms with Crippen molar-refractivity contribution in [1.29, 1.82) is 0 Å². The molecule has 1 amide bonds. The Kier molecular flexibility index (Phi) is 4.24. The van der Waals surface area contributed by atoms with Crippen molar-refractivity contribution in [2.24, 2.45) is 17.8 Å². The third kappa shape index (κ3) is 2.92. The summed E-state index contributed by atoms with van der Waals surface area (Å²) in [5, 5.41) is 14.0. The fraction of sp³-hybridized carbons (Fsp3) is 0.650. The van der Waals surface area contributed by atoms with E-state index in [1.807, 2.05) is 12.1 Å². The highest BCUT2D eigenvalue weighted by molar-refractivity contribution is 9.10. The van der Waals surface area contributed by atoms with Crippen LogP contribution in [-0.4, -0.2) is 22.7 Å². The monoisotopic (exact) mass is 391 g/mol. The minimum Gasteiger partial charge on any atom is -0.390 e. The molecule has 0 spiro atoms. The van der Waals surface area contributed by atoms with Gasteiger partial charge in [0.05, 0.1) is 5.60 Å². The number of benzene rings is 1. The maximum atomic E-state index is 12.9. The molecule has 4 aliphatic carbocycles. The van der Waals surface area contributed by atoms with Crippen LogP contribution in [0.1, 0.15) is 61.4 Å². The largest absolute Gasteiger partial charge is 0.390 e. The Morgan fingerprint density at radius 3 is 2.62 bits per heavy atom. The number of rotatable bonds is 4. The van der Waals surface area contributed by atoms with Gasteiger partial charge in [-0.05, 0) is 80.0 Å². The Bertz CT molecular complexity index is 643. The van der Waals surface area contributed by atoms with Crippen molar-refractivity contribution in [3.05, 3.63) is 33.8 Å². The number of hydrogen-bond donors (Lipinski definition) is 2. The molecule has 4 saturated carbocycles. The van der Waals surface area contributed by atoms with E-state index in [0.29, 0.717) is 17.8 Å². The van der Waals surface area contributed by atoms with Crippen molar-refractivity contribution in [1.82, 2.24) is 5.32 Å². The summed E-state index contributed by atoms with van der Waals surface area (Å²) in [6, 6.07) is 6.20. The van der Waals surface area contributed by atoms with Gasteiger partial charge < -0.3 is 10.4 Å². The minimum atomic E-state index is -0.442. The average molecular weight is 392 g/mol. The predicted molar refractivity (Wildman–Crippen MR) is 97.9 cm³/mol. The smallest absolute Gasteiger partial charge is 0.251 e. The summed E-state index contributed by atoms with van der Waals surface area (Å²) in [5.74, 6) is 1.64. The highest BCUT2D eigenvalue weighted by atomic mass is 79.9. The Morgan fingerprint density at radius 1 is 1.29 bits per heavy atom. The van der Waals surface area contributed by atoms with Crippen LogP contribution < -0.4 is 5.32 Å². The summed E-state index contributed by atoms with van der Waals surface area (Å²) in [7, 11) is 0. The van der Waals surface area contributed by atoms with Crippen LogP contribution in [0.5, 0.6) is 0 Å². The summed E-state index contributed by atoms with van der Waals surface area (Å²) < 4.78 is 1.03. The fourth-order valence-electron chi connectivity index (χ4n) is 5.71. The highest BCUT2D eigenvalue weighted by Gasteiger charge is 2.55. The number of carbonyl (C=O) groups is 1. The van der Waals surface area contributed by atoms with E-state index in [4.69, 9.17) is 0 Å². The predicted octanol–water partition coefficient (Wildman–Crippen LogP) is 4.07. The van der Waals surface area contributed by atoms with E-state index in [9.17, 15) is 9.90 Å². The summed E-state index contributed by atoms with van der Waals surface area (Å²) in [4.78, 5) is 12.9. The lowest BCUT2D eigenvalue weighted by Gasteiger charge is -2.58. The van der Waals surface area contributed by atoms with Crippen LogP contribution in [-0.2, 0) is 6.42 Å². The molecule has 130 valence electrons. The molecule has 0 radical (unpaired) electrons. The second-order valence-corrected chi connectivity index (χ2v) is 9.16. The number of carbonyl (C=O) groups excluding carboxylic acids is 1. The Morgan fingerprint density at radius 2 is 2.00 bits per heavy atom. The molecule has 1 aromatic carbocycles. The van der Waals surface area contributed by atoms with E-state index in [0.717, 1.165) is 47.7 Å². The molecule has 24 heavy (non-hydrogen) atoms. The molecule has 4 bridgehead atoms. The molecule has 0 aliphatic heterocycles. The van der Waals surface area contributed by atoms with Crippen LogP contribution >= 0.6 is 15.9 Å². The number of nitrogens with one attached hydrogen (secondary N) is 1. The third-order valence-electron chi connectivity index (χ3n) is 6.37. The Labute approximate surface area is 152 Å². The Hall–Kier alpha value is -0.870. The molecular weight excluding hydrogens is 366 g/mol. The molecular formula is C20H26BrNO2. The molecule has 1 aromatic rings. The van der Waals surface area contributed by atoms with E-state index in [1.165, 1.54) is 12.8 Å². The van der Waals surface area contributed by atoms with Gasteiger partial charge in [0, 0.05) is 16.1 Å².